The van der Waals surface area contributed by atoms with Crippen molar-refractivity contribution >= 4 is 11.8 Å². The predicted octanol–water partition coefficient (Wildman–Crippen LogP) is 4.09. The second-order valence-electron chi connectivity index (χ2n) is 5.19. The summed E-state index contributed by atoms with van der Waals surface area (Å²) in [4.78, 5) is 1.49. The minimum Gasteiger partial charge on any atom is -0.310 e. The van der Waals surface area contributed by atoms with E-state index in [-0.39, 0.29) is 0 Å². The maximum absolute atomic E-state index is 3.71. The predicted molar refractivity (Wildman–Crippen MR) is 76.8 cm³/mol. The fourth-order valence-electron chi connectivity index (χ4n) is 2.42. The second kappa shape index (κ2) is 5.45. The zero-order valence-corrected chi connectivity index (χ0v) is 12.2. The Morgan fingerprint density at radius 3 is 2.71 bits per heavy atom. The molecule has 1 N–H and O–H groups in total. The normalized spacial score (nSPS) is 23.5. The van der Waals surface area contributed by atoms with Crippen LogP contribution in [0.5, 0.6) is 0 Å². The fraction of sp³-hybridized carbons (Fsp3) is 0.600. The first-order chi connectivity index (χ1) is 8.13. The summed E-state index contributed by atoms with van der Waals surface area (Å²) in [5, 5.41) is 3.71. The van der Waals surface area contributed by atoms with Gasteiger partial charge in [-0.15, -0.1) is 11.8 Å². The SMILES string of the molecule is CCCNC1c2cc(C)c(C)cc2SCC1C. The summed E-state index contributed by atoms with van der Waals surface area (Å²) in [6, 6.07) is 5.30. The molecule has 0 fully saturated rings. The van der Waals surface area contributed by atoms with Crippen LogP contribution < -0.4 is 5.32 Å². The van der Waals surface area contributed by atoms with E-state index >= 15 is 0 Å². The van der Waals surface area contributed by atoms with Crippen LogP contribution in [0.2, 0.25) is 0 Å². The van der Waals surface area contributed by atoms with E-state index in [0.29, 0.717) is 6.04 Å². The summed E-state index contributed by atoms with van der Waals surface area (Å²) in [7, 11) is 0. The van der Waals surface area contributed by atoms with Gasteiger partial charge in [0.15, 0.2) is 0 Å². The molecule has 2 rings (SSSR count). The van der Waals surface area contributed by atoms with Gasteiger partial charge in [-0.25, -0.2) is 0 Å². The summed E-state index contributed by atoms with van der Waals surface area (Å²) >= 11 is 2.02. The first kappa shape index (κ1) is 13.0. The Hall–Kier alpha value is -0.470. The number of aryl methyl sites for hydroxylation is 2. The van der Waals surface area contributed by atoms with E-state index in [9.17, 15) is 0 Å². The lowest BCUT2D eigenvalue weighted by molar-refractivity contribution is 0.407. The highest BCUT2D eigenvalue weighted by molar-refractivity contribution is 7.99. The largest absolute Gasteiger partial charge is 0.310 e. The molecule has 1 aromatic rings. The van der Waals surface area contributed by atoms with Gasteiger partial charge in [0.2, 0.25) is 0 Å². The van der Waals surface area contributed by atoms with Crippen molar-refractivity contribution in [3.63, 3.8) is 0 Å². The molecule has 0 aliphatic carbocycles. The number of rotatable bonds is 3. The van der Waals surface area contributed by atoms with Crippen LogP contribution in [-0.2, 0) is 0 Å². The van der Waals surface area contributed by atoms with E-state index in [4.69, 9.17) is 0 Å². The summed E-state index contributed by atoms with van der Waals surface area (Å²) in [5.41, 5.74) is 4.35. The number of fused-ring (bicyclic) bond motifs is 1. The third kappa shape index (κ3) is 2.69. The van der Waals surface area contributed by atoms with Crippen molar-refractivity contribution in [2.24, 2.45) is 5.92 Å². The van der Waals surface area contributed by atoms with Crippen molar-refractivity contribution in [1.29, 1.82) is 0 Å². The Bertz CT molecular complexity index is 400. The second-order valence-corrected chi connectivity index (χ2v) is 6.26. The Morgan fingerprint density at radius 1 is 1.29 bits per heavy atom. The van der Waals surface area contributed by atoms with Crippen LogP contribution in [0, 0.1) is 19.8 Å². The molecule has 2 unspecified atom stereocenters. The Labute approximate surface area is 109 Å². The third-order valence-electron chi connectivity index (χ3n) is 3.65. The summed E-state index contributed by atoms with van der Waals surface area (Å²) in [6.07, 6.45) is 1.20. The summed E-state index contributed by atoms with van der Waals surface area (Å²) in [6.45, 7) is 10.1. The number of hydrogen-bond donors (Lipinski definition) is 1. The first-order valence-corrected chi connectivity index (χ1v) is 7.59. The van der Waals surface area contributed by atoms with Crippen LogP contribution >= 0.6 is 11.8 Å². The lowest BCUT2D eigenvalue weighted by Gasteiger charge is -2.32. The highest BCUT2D eigenvalue weighted by Gasteiger charge is 2.26. The van der Waals surface area contributed by atoms with Gasteiger partial charge in [-0.05, 0) is 55.5 Å². The summed E-state index contributed by atoms with van der Waals surface area (Å²) < 4.78 is 0. The third-order valence-corrected chi connectivity index (χ3v) is 5.00. The molecule has 1 aliphatic heterocycles. The molecule has 1 heterocycles. The van der Waals surface area contributed by atoms with Gasteiger partial charge >= 0.3 is 0 Å². The van der Waals surface area contributed by atoms with Crippen LogP contribution in [0.1, 0.15) is 43.0 Å². The minimum absolute atomic E-state index is 0.547. The van der Waals surface area contributed by atoms with E-state index in [1.165, 1.54) is 33.8 Å². The molecular formula is C15H23NS. The van der Waals surface area contributed by atoms with E-state index in [1.54, 1.807) is 0 Å². The minimum atomic E-state index is 0.547. The molecular weight excluding hydrogens is 226 g/mol. The Balaban J connectivity index is 2.33. The molecule has 0 radical (unpaired) electrons. The zero-order valence-electron chi connectivity index (χ0n) is 11.3. The number of benzene rings is 1. The van der Waals surface area contributed by atoms with Gasteiger partial charge in [0, 0.05) is 16.7 Å². The van der Waals surface area contributed by atoms with Crippen LogP contribution in [0.3, 0.4) is 0 Å². The standard InChI is InChI=1S/C15H23NS/c1-5-6-16-15-12(4)9-17-14-8-11(3)10(2)7-13(14)15/h7-8,12,15-16H,5-6,9H2,1-4H3. The molecule has 0 saturated heterocycles. The zero-order chi connectivity index (χ0) is 12.4. The topological polar surface area (TPSA) is 12.0 Å². The van der Waals surface area contributed by atoms with Gasteiger partial charge in [0.1, 0.15) is 0 Å². The van der Waals surface area contributed by atoms with Crippen LogP contribution in [0.4, 0.5) is 0 Å². The van der Waals surface area contributed by atoms with Crippen LogP contribution in [0.25, 0.3) is 0 Å². The number of nitrogens with one attached hydrogen (secondary N) is 1. The van der Waals surface area contributed by atoms with E-state index in [0.717, 1.165) is 12.5 Å². The highest BCUT2D eigenvalue weighted by atomic mass is 32.2. The number of thioether (sulfide) groups is 1. The van der Waals surface area contributed by atoms with Gasteiger partial charge in [-0.3, -0.25) is 0 Å². The maximum Gasteiger partial charge on any atom is 0.0365 e. The monoisotopic (exact) mass is 249 g/mol. The van der Waals surface area contributed by atoms with E-state index in [1.807, 2.05) is 11.8 Å². The molecule has 2 heteroatoms. The Morgan fingerprint density at radius 2 is 2.00 bits per heavy atom. The molecule has 0 spiro atoms. The molecule has 1 aromatic carbocycles. The van der Waals surface area contributed by atoms with Crippen molar-refractivity contribution in [1.82, 2.24) is 5.32 Å². The maximum atomic E-state index is 3.71. The summed E-state index contributed by atoms with van der Waals surface area (Å²) in [5.74, 6) is 1.96. The van der Waals surface area contributed by atoms with Crippen LogP contribution in [-0.4, -0.2) is 12.3 Å². The molecule has 0 saturated carbocycles. The smallest absolute Gasteiger partial charge is 0.0365 e. The van der Waals surface area contributed by atoms with Gasteiger partial charge in [0.25, 0.3) is 0 Å². The molecule has 0 bridgehead atoms. The lowest BCUT2D eigenvalue weighted by Crippen LogP contribution is -2.31. The van der Waals surface area contributed by atoms with Crippen molar-refractivity contribution in [2.45, 2.75) is 45.1 Å². The van der Waals surface area contributed by atoms with Crippen molar-refractivity contribution < 1.29 is 0 Å². The van der Waals surface area contributed by atoms with Gasteiger partial charge in [-0.1, -0.05) is 19.9 Å². The van der Waals surface area contributed by atoms with Gasteiger partial charge < -0.3 is 5.32 Å². The van der Waals surface area contributed by atoms with E-state index in [2.05, 4.69) is 45.1 Å². The molecule has 94 valence electrons. The van der Waals surface area contributed by atoms with E-state index < -0.39 is 0 Å². The van der Waals surface area contributed by atoms with Crippen molar-refractivity contribution in [3.8, 4) is 0 Å². The molecule has 2 atom stereocenters. The van der Waals surface area contributed by atoms with Crippen LogP contribution in [0.15, 0.2) is 17.0 Å². The average molecular weight is 249 g/mol. The molecule has 0 aromatic heterocycles. The molecule has 1 nitrogen and oxygen atoms in total. The average Bonchev–Trinajstić information content (AvgIpc) is 2.30. The first-order valence-electron chi connectivity index (χ1n) is 6.60. The number of hydrogen-bond acceptors (Lipinski definition) is 2. The van der Waals surface area contributed by atoms with Crippen molar-refractivity contribution in [2.75, 3.05) is 12.3 Å². The molecule has 1 aliphatic rings. The molecule has 0 amide bonds. The quantitative estimate of drug-likeness (QED) is 0.866. The Kier molecular flexibility index (Phi) is 4.16. The van der Waals surface area contributed by atoms with Gasteiger partial charge in [0.05, 0.1) is 0 Å². The lowest BCUT2D eigenvalue weighted by atomic mass is 9.92. The molecule has 17 heavy (non-hydrogen) atoms. The van der Waals surface area contributed by atoms with Gasteiger partial charge in [-0.2, -0.15) is 0 Å². The fourth-order valence-corrected chi connectivity index (χ4v) is 3.66. The highest BCUT2D eigenvalue weighted by Crippen LogP contribution is 2.40. The van der Waals surface area contributed by atoms with Crippen molar-refractivity contribution in [3.05, 3.63) is 28.8 Å².